The Morgan fingerprint density at radius 1 is 0.870 bits per heavy atom. The van der Waals surface area contributed by atoms with E-state index in [4.69, 9.17) is 14.6 Å². The summed E-state index contributed by atoms with van der Waals surface area (Å²) in [5.74, 6) is -0.904. The van der Waals surface area contributed by atoms with Crippen LogP contribution in [-0.4, -0.2) is 46.7 Å². The number of nitrogens with one attached hydrogen (secondary N) is 1. The quantitative estimate of drug-likeness (QED) is 0.124. The average molecular weight is 625 g/mol. The Balaban J connectivity index is 1.25. The molecule has 1 saturated heterocycles. The van der Waals surface area contributed by atoms with Gasteiger partial charge < -0.3 is 25.0 Å². The van der Waals surface area contributed by atoms with Crippen molar-refractivity contribution in [3.63, 3.8) is 0 Å². The molecule has 4 unspecified atom stereocenters. The number of amides is 1. The van der Waals surface area contributed by atoms with Crippen LogP contribution in [-0.2, 0) is 25.7 Å². The molecule has 0 spiro atoms. The van der Waals surface area contributed by atoms with Crippen molar-refractivity contribution in [2.45, 2.75) is 76.6 Å². The van der Waals surface area contributed by atoms with Gasteiger partial charge in [-0.3, -0.25) is 14.5 Å². The number of carboxylic acids is 1. The second-order valence-corrected chi connectivity index (χ2v) is 12.2. The molecule has 1 fully saturated rings. The molecule has 0 saturated carbocycles. The molecule has 46 heavy (non-hydrogen) atoms. The van der Waals surface area contributed by atoms with E-state index in [-0.39, 0.29) is 37.2 Å². The van der Waals surface area contributed by atoms with Crippen LogP contribution in [0.5, 0.6) is 0 Å². The number of hydrogen-bond donors (Lipinski definition) is 3. The van der Waals surface area contributed by atoms with E-state index in [1.807, 2.05) is 48.5 Å². The van der Waals surface area contributed by atoms with Crippen LogP contribution in [0, 0.1) is 0 Å². The first-order chi connectivity index (χ1) is 22.3. The average Bonchev–Trinajstić information content (AvgIpc) is 3.07. The molecule has 5 rings (SSSR count). The van der Waals surface area contributed by atoms with Gasteiger partial charge in [0, 0.05) is 43.1 Å². The lowest BCUT2D eigenvalue weighted by molar-refractivity contribution is -0.253. The summed E-state index contributed by atoms with van der Waals surface area (Å²) in [5.41, 5.74) is 4.68. The Morgan fingerprint density at radius 3 is 2.28 bits per heavy atom. The van der Waals surface area contributed by atoms with Crippen LogP contribution in [0.25, 0.3) is 10.8 Å². The van der Waals surface area contributed by atoms with Gasteiger partial charge in [0.1, 0.15) is 0 Å². The van der Waals surface area contributed by atoms with Crippen molar-refractivity contribution in [1.29, 1.82) is 0 Å². The smallest absolute Gasteiger partial charge is 0.303 e. The zero-order valence-corrected chi connectivity index (χ0v) is 26.6. The molecule has 0 aromatic heterocycles. The minimum atomic E-state index is -0.810. The minimum Gasteiger partial charge on any atom is -0.481 e. The van der Waals surface area contributed by atoms with Gasteiger partial charge in [-0.05, 0) is 72.5 Å². The normalized spacial score (nSPS) is 18.8. The molecular formula is C38H44N2O6. The van der Waals surface area contributed by atoms with Crippen molar-refractivity contribution >= 4 is 28.3 Å². The van der Waals surface area contributed by atoms with Crippen LogP contribution in [0.1, 0.15) is 86.1 Å². The van der Waals surface area contributed by atoms with E-state index in [1.54, 1.807) is 0 Å². The summed E-state index contributed by atoms with van der Waals surface area (Å²) < 4.78 is 13.1. The van der Waals surface area contributed by atoms with Crippen molar-refractivity contribution < 1.29 is 29.3 Å². The molecule has 4 atom stereocenters. The van der Waals surface area contributed by atoms with Gasteiger partial charge >= 0.3 is 5.97 Å². The molecule has 1 heterocycles. The maximum Gasteiger partial charge on any atom is 0.303 e. The molecule has 3 N–H and O–H groups in total. The summed E-state index contributed by atoms with van der Waals surface area (Å²) in [6.07, 6.45) is 2.20. The first-order valence-corrected chi connectivity index (χ1v) is 16.1. The maximum atomic E-state index is 12.4. The Bertz CT molecular complexity index is 1590. The number of fused-ring (bicyclic) bond motifs is 1. The van der Waals surface area contributed by atoms with Crippen LogP contribution >= 0.6 is 0 Å². The van der Waals surface area contributed by atoms with E-state index in [2.05, 4.69) is 66.7 Å². The Kier molecular flexibility index (Phi) is 11.5. The number of anilines is 1. The lowest BCUT2D eigenvalue weighted by Gasteiger charge is -2.39. The zero-order valence-electron chi connectivity index (χ0n) is 26.6. The van der Waals surface area contributed by atoms with Gasteiger partial charge in [-0.15, -0.1) is 0 Å². The largest absolute Gasteiger partial charge is 0.481 e. The van der Waals surface area contributed by atoms with E-state index in [0.29, 0.717) is 44.3 Å². The number of nitrogens with zero attached hydrogens (tertiary/aromatic N) is 1. The third-order valence-corrected chi connectivity index (χ3v) is 8.78. The van der Waals surface area contributed by atoms with E-state index in [1.165, 1.54) is 16.3 Å². The number of ether oxygens (including phenoxy) is 2. The van der Waals surface area contributed by atoms with Crippen molar-refractivity contribution in [3.05, 3.63) is 113 Å². The molecular weight excluding hydrogens is 580 g/mol. The summed E-state index contributed by atoms with van der Waals surface area (Å²) in [6.45, 7) is 2.92. The first-order valence-electron chi connectivity index (χ1n) is 16.1. The number of aliphatic hydroxyl groups excluding tert-OH is 1. The first kappa shape index (κ1) is 33.3. The number of aliphatic carboxylic acids is 1. The van der Waals surface area contributed by atoms with Crippen LogP contribution in [0.2, 0.25) is 0 Å². The van der Waals surface area contributed by atoms with Crippen molar-refractivity contribution in [3.8, 4) is 0 Å². The monoisotopic (exact) mass is 624 g/mol. The van der Waals surface area contributed by atoms with Crippen LogP contribution in [0.3, 0.4) is 0 Å². The van der Waals surface area contributed by atoms with Gasteiger partial charge in [-0.25, -0.2) is 0 Å². The van der Waals surface area contributed by atoms with Gasteiger partial charge in [0.15, 0.2) is 6.29 Å². The number of benzene rings is 4. The number of carbonyl (C=O) groups excluding carboxylic acids is 1. The van der Waals surface area contributed by atoms with Crippen LogP contribution in [0.15, 0.2) is 91.0 Å². The predicted octanol–water partition coefficient (Wildman–Crippen LogP) is 7.54. The zero-order chi connectivity index (χ0) is 32.5. The number of aliphatic hydroxyl groups is 1. The third kappa shape index (κ3) is 9.01. The van der Waals surface area contributed by atoms with E-state index >= 15 is 0 Å². The Labute approximate surface area is 271 Å². The highest BCUT2D eigenvalue weighted by Crippen LogP contribution is 2.39. The predicted molar refractivity (Wildman–Crippen MR) is 179 cm³/mol. The summed E-state index contributed by atoms with van der Waals surface area (Å²) in [6, 6.07) is 30.6. The molecule has 1 aliphatic rings. The number of likely N-dealkylation sites (N-methyl/N-ethyl adjacent to an activating group) is 1. The fraction of sp³-hybridized carbons (Fsp3) is 0.368. The molecule has 4 aromatic rings. The molecule has 0 radical (unpaired) electrons. The molecule has 4 aromatic carbocycles. The number of unbranched alkanes of at least 4 members (excludes halogenated alkanes) is 2. The van der Waals surface area contributed by atoms with E-state index in [9.17, 15) is 14.7 Å². The molecule has 8 heteroatoms. The van der Waals surface area contributed by atoms with Crippen molar-refractivity contribution in [2.75, 3.05) is 18.9 Å². The summed E-state index contributed by atoms with van der Waals surface area (Å²) in [4.78, 5) is 25.4. The van der Waals surface area contributed by atoms with E-state index in [0.717, 1.165) is 16.7 Å². The maximum absolute atomic E-state index is 12.4. The van der Waals surface area contributed by atoms with Gasteiger partial charge in [-0.2, -0.15) is 0 Å². The highest BCUT2D eigenvalue weighted by molar-refractivity contribution is 5.90. The highest BCUT2D eigenvalue weighted by Gasteiger charge is 2.33. The van der Waals surface area contributed by atoms with Gasteiger partial charge in [0.2, 0.25) is 5.91 Å². The summed E-state index contributed by atoms with van der Waals surface area (Å²) >= 11 is 0. The lowest BCUT2D eigenvalue weighted by atomic mass is 9.98. The number of carboxylic acid groups (broad SMARTS) is 1. The number of carbonyl (C=O) groups is 2. The Hall–Kier alpha value is -4.08. The summed E-state index contributed by atoms with van der Waals surface area (Å²) in [7, 11) is 2.13. The minimum absolute atomic E-state index is 0.00870. The second-order valence-electron chi connectivity index (χ2n) is 12.2. The number of hydrogen-bond acceptors (Lipinski definition) is 6. The molecule has 0 bridgehead atoms. The fourth-order valence-electron chi connectivity index (χ4n) is 5.92. The van der Waals surface area contributed by atoms with Crippen LogP contribution < -0.4 is 5.32 Å². The fourth-order valence-corrected chi connectivity index (χ4v) is 5.92. The van der Waals surface area contributed by atoms with Gasteiger partial charge in [-0.1, -0.05) is 79.2 Å². The topological polar surface area (TPSA) is 108 Å². The second kappa shape index (κ2) is 16.0. The number of rotatable bonds is 14. The lowest BCUT2D eigenvalue weighted by Crippen LogP contribution is -2.38. The molecule has 8 nitrogen and oxygen atoms in total. The molecule has 0 aliphatic carbocycles. The van der Waals surface area contributed by atoms with Crippen molar-refractivity contribution in [2.24, 2.45) is 0 Å². The molecule has 1 amide bonds. The molecule has 1 aliphatic heterocycles. The molecule has 242 valence electrons. The standard InChI is InChI=1S/C38H44N2O6/c1-26(31-17-16-28-8-6-7-9-32(28)22-31)40(2)24-34-23-35(29-14-12-27(25-41)13-15-29)46-38(45-34)30-18-20-33(21-19-30)39-36(42)10-4-3-5-11-37(43)44/h6-9,12-22,26,34-35,38,41H,3-5,10-11,23-25H2,1-2H3,(H,39,42)(H,43,44). The van der Waals surface area contributed by atoms with Gasteiger partial charge in [0.05, 0.1) is 18.8 Å². The van der Waals surface area contributed by atoms with Crippen molar-refractivity contribution in [1.82, 2.24) is 4.90 Å². The Morgan fingerprint density at radius 2 is 1.57 bits per heavy atom. The van der Waals surface area contributed by atoms with Crippen LogP contribution in [0.4, 0.5) is 5.69 Å². The third-order valence-electron chi connectivity index (χ3n) is 8.78. The summed E-state index contributed by atoms with van der Waals surface area (Å²) in [5, 5.41) is 23.7. The van der Waals surface area contributed by atoms with Gasteiger partial charge in [0.25, 0.3) is 0 Å². The highest BCUT2D eigenvalue weighted by atomic mass is 16.7. The van der Waals surface area contributed by atoms with E-state index < -0.39 is 12.3 Å². The SMILES string of the molecule is CC(c1ccc2ccccc2c1)N(C)CC1CC(c2ccc(CO)cc2)OC(c2ccc(NC(=O)CCCCCC(=O)O)cc2)O1.